The molecule has 4 heteroatoms. The maximum absolute atomic E-state index is 10.9. The van der Waals surface area contributed by atoms with Crippen molar-refractivity contribution >= 4 is 6.29 Å². The monoisotopic (exact) mass is 201 g/mol. The first-order valence-corrected chi connectivity index (χ1v) is 4.66. The molecule has 0 N–H and O–H groups in total. The van der Waals surface area contributed by atoms with Gasteiger partial charge in [-0.1, -0.05) is 0 Å². The summed E-state index contributed by atoms with van der Waals surface area (Å²) in [5.41, 5.74) is 2.86. The quantitative estimate of drug-likeness (QED) is 0.695. The van der Waals surface area contributed by atoms with E-state index in [1.807, 2.05) is 38.2 Å². The predicted molar refractivity (Wildman–Crippen MR) is 56.2 cm³/mol. The summed E-state index contributed by atoms with van der Waals surface area (Å²) in [6, 6.07) is 5.59. The first-order chi connectivity index (χ1) is 7.20. The minimum Gasteiger partial charge on any atom is -0.296 e. The zero-order valence-electron chi connectivity index (χ0n) is 8.64. The molecule has 0 unspecified atom stereocenters. The highest BCUT2D eigenvalue weighted by Crippen LogP contribution is 2.11. The lowest BCUT2D eigenvalue weighted by Gasteiger charge is -2.04. The molecule has 0 aliphatic rings. The van der Waals surface area contributed by atoms with Crippen LogP contribution in [0, 0.1) is 13.8 Å². The van der Waals surface area contributed by atoms with Crippen molar-refractivity contribution in [2.24, 2.45) is 0 Å². The molecular weight excluding hydrogens is 190 g/mol. The molecular formula is C11H11N3O. The van der Waals surface area contributed by atoms with E-state index < -0.39 is 0 Å². The Balaban J connectivity index is 2.57. The van der Waals surface area contributed by atoms with E-state index >= 15 is 0 Å². The van der Waals surface area contributed by atoms with Crippen LogP contribution in [0.25, 0.3) is 5.69 Å². The number of hydrogen-bond donors (Lipinski definition) is 0. The van der Waals surface area contributed by atoms with Crippen molar-refractivity contribution in [1.29, 1.82) is 0 Å². The van der Waals surface area contributed by atoms with E-state index in [0.29, 0.717) is 11.4 Å². The van der Waals surface area contributed by atoms with Gasteiger partial charge in [-0.25, -0.2) is 9.67 Å². The van der Waals surface area contributed by atoms with Gasteiger partial charge in [0.15, 0.2) is 6.29 Å². The number of aryl methyl sites for hydroxylation is 2. The Morgan fingerprint density at radius 2 is 2.00 bits per heavy atom. The first-order valence-electron chi connectivity index (χ1n) is 4.66. The minimum absolute atomic E-state index is 0.415. The van der Waals surface area contributed by atoms with Gasteiger partial charge >= 0.3 is 0 Å². The molecule has 2 heterocycles. The van der Waals surface area contributed by atoms with Crippen molar-refractivity contribution in [2.45, 2.75) is 13.8 Å². The van der Waals surface area contributed by atoms with Gasteiger partial charge in [0.2, 0.25) is 0 Å². The van der Waals surface area contributed by atoms with Crippen LogP contribution in [0.2, 0.25) is 0 Å². The lowest BCUT2D eigenvalue weighted by atomic mass is 10.3. The summed E-state index contributed by atoms with van der Waals surface area (Å²) in [4.78, 5) is 15.0. The minimum atomic E-state index is 0.415. The van der Waals surface area contributed by atoms with Gasteiger partial charge in [0.05, 0.1) is 11.4 Å². The summed E-state index contributed by atoms with van der Waals surface area (Å²) in [6.45, 7) is 3.75. The SMILES string of the molecule is Cc1ccc(-n2ccc(C)n2)c(C=O)n1. The summed E-state index contributed by atoms with van der Waals surface area (Å²) in [7, 11) is 0. The molecule has 0 aliphatic carbocycles. The Morgan fingerprint density at radius 1 is 1.20 bits per heavy atom. The number of pyridine rings is 1. The van der Waals surface area contributed by atoms with Crippen LogP contribution < -0.4 is 0 Å². The highest BCUT2D eigenvalue weighted by Gasteiger charge is 2.06. The van der Waals surface area contributed by atoms with Crippen LogP contribution in [0.4, 0.5) is 0 Å². The van der Waals surface area contributed by atoms with E-state index in [-0.39, 0.29) is 0 Å². The molecule has 0 saturated heterocycles. The molecule has 15 heavy (non-hydrogen) atoms. The number of aromatic nitrogens is 3. The van der Waals surface area contributed by atoms with Crippen LogP contribution >= 0.6 is 0 Å². The summed E-state index contributed by atoms with van der Waals surface area (Å²) in [5, 5.41) is 4.24. The average Bonchev–Trinajstić information content (AvgIpc) is 2.64. The predicted octanol–water partition coefficient (Wildman–Crippen LogP) is 1.70. The molecule has 0 fully saturated rings. The maximum atomic E-state index is 10.9. The molecule has 4 nitrogen and oxygen atoms in total. The van der Waals surface area contributed by atoms with E-state index in [2.05, 4.69) is 10.1 Å². The Kier molecular flexibility index (Phi) is 2.33. The number of carbonyl (C=O) groups excluding carboxylic acids is 1. The summed E-state index contributed by atoms with van der Waals surface area (Å²) in [5.74, 6) is 0. The van der Waals surface area contributed by atoms with E-state index in [4.69, 9.17) is 0 Å². The van der Waals surface area contributed by atoms with Gasteiger partial charge in [0.25, 0.3) is 0 Å². The number of carbonyl (C=O) groups is 1. The van der Waals surface area contributed by atoms with E-state index in [1.165, 1.54) is 0 Å². The standard InChI is InChI=1S/C11H11N3O/c1-8-3-4-11(10(7-15)12-8)14-6-5-9(2)13-14/h3-7H,1-2H3. The van der Waals surface area contributed by atoms with Crippen LogP contribution in [-0.2, 0) is 0 Å². The van der Waals surface area contributed by atoms with Crippen LogP contribution in [0.3, 0.4) is 0 Å². The molecule has 2 aromatic rings. The lowest BCUT2D eigenvalue weighted by molar-refractivity contribution is 0.111. The summed E-state index contributed by atoms with van der Waals surface area (Å²) >= 11 is 0. The molecule has 0 saturated carbocycles. The third-order valence-corrected chi connectivity index (χ3v) is 2.12. The van der Waals surface area contributed by atoms with Crippen molar-refractivity contribution in [3.8, 4) is 5.69 Å². The van der Waals surface area contributed by atoms with Crippen LogP contribution in [0.5, 0.6) is 0 Å². The Morgan fingerprint density at radius 3 is 2.60 bits per heavy atom. The molecule has 76 valence electrons. The Bertz CT molecular complexity index is 502. The summed E-state index contributed by atoms with van der Waals surface area (Å²) < 4.78 is 1.66. The van der Waals surface area contributed by atoms with Gasteiger partial charge in [0, 0.05) is 11.9 Å². The van der Waals surface area contributed by atoms with Crippen molar-refractivity contribution in [1.82, 2.24) is 14.8 Å². The van der Waals surface area contributed by atoms with Gasteiger partial charge in [-0.2, -0.15) is 5.10 Å². The molecule has 0 amide bonds. The second-order valence-electron chi connectivity index (χ2n) is 3.38. The molecule has 0 radical (unpaired) electrons. The number of aldehydes is 1. The van der Waals surface area contributed by atoms with Gasteiger partial charge < -0.3 is 0 Å². The fourth-order valence-corrected chi connectivity index (χ4v) is 1.40. The average molecular weight is 201 g/mol. The Hall–Kier alpha value is -1.97. The van der Waals surface area contributed by atoms with Gasteiger partial charge in [0.1, 0.15) is 5.69 Å². The topological polar surface area (TPSA) is 47.8 Å². The van der Waals surface area contributed by atoms with Crippen LogP contribution in [0.1, 0.15) is 21.9 Å². The van der Waals surface area contributed by atoms with Crippen molar-refractivity contribution in [2.75, 3.05) is 0 Å². The molecule has 0 aliphatic heterocycles. The summed E-state index contributed by atoms with van der Waals surface area (Å²) in [6.07, 6.45) is 2.56. The van der Waals surface area contributed by atoms with Gasteiger partial charge in [-0.05, 0) is 32.0 Å². The van der Waals surface area contributed by atoms with Crippen molar-refractivity contribution in [3.63, 3.8) is 0 Å². The molecule has 0 aromatic carbocycles. The number of nitrogens with zero attached hydrogens (tertiary/aromatic N) is 3. The second kappa shape index (κ2) is 3.65. The lowest BCUT2D eigenvalue weighted by Crippen LogP contribution is -2.03. The van der Waals surface area contributed by atoms with Crippen molar-refractivity contribution < 1.29 is 4.79 Å². The normalized spacial score (nSPS) is 10.3. The fraction of sp³-hybridized carbons (Fsp3) is 0.182. The molecule has 2 rings (SSSR count). The van der Waals surface area contributed by atoms with E-state index in [0.717, 1.165) is 17.7 Å². The third-order valence-electron chi connectivity index (χ3n) is 2.12. The first kappa shape index (κ1) is 9.58. The number of hydrogen-bond acceptors (Lipinski definition) is 3. The van der Waals surface area contributed by atoms with Crippen LogP contribution in [0.15, 0.2) is 24.4 Å². The number of rotatable bonds is 2. The smallest absolute Gasteiger partial charge is 0.170 e. The van der Waals surface area contributed by atoms with E-state index in [9.17, 15) is 4.79 Å². The molecule has 0 atom stereocenters. The molecule has 0 spiro atoms. The van der Waals surface area contributed by atoms with Gasteiger partial charge in [-0.15, -0.1) is 0 Å². The highest BCUT2D eigenvalue weighted by molar-refractivity contribution is 5.77. The fourth-order valence-electron chi connectivity index (χ4n) is 1.40. The van der Waals surface area contributed by atoms with Crippen molar-refractivity contribution in [3.05, 3.63) is 41.5 Å². The second-order valence-corrected chi connectivity index (χ2v) is 3.38. The maximum Gasteiger partial charge on any atom is 0.170 e. The molecule has 0 bridgehead atoms. The van der Waals surface area contributed by atoms with Gasteiger partial charge in [-0.3, -0.25) is 4.79 Å². The molecule has 2 aromatic heterocycles. The Labute approximate surface area is 87.6 Å². The zero-order valence-corrected chi connectivity index (χ0v) is 8.64. The van der Waals surface area contributed by atoms with E-state index in [1.54, 1.807) is 4.68 Å². The third kappa shape index (κ3) is 1.79. The zero-order chi connectivity index (χ0) is 10.8. The largest absolute Gasteiger partial charge is 0.296 e. The van der Waals surface area contributed by atoms with Crippen LogP contribution in [-0.4, -0.2) is 21.1 Å². The highest BCUT2D eigenvalue weighted by atomic mass is 16.1.